The highest BCUT2D eigenvalue weighted by Gasteiger charge is 2.06. The summed E-state index contributed by atoms with van der Waals surface area (Å²) in [5.41, 5.74) is 4.68. The van der Waals surface area contributed by atoms with Crippen molar-refractivity contribution in [2.24, 2.45) is 0 Å². The van der Waals surface area contributed by atoms with Gasteiger partial charge < -0.3 is 9.84 Å². The van der Waals surface area contributed by atoms with Crippen LogP contribution in [0.4, 0.5) is 0 Å². The number of ether oxygens (including phenoxy) is 1. The molecule has 2 aromatic carbocycles. The summed E-state index contributed by atoms with van der Waals surface area (Å²) in [4.78, 5) is 0. The zero-order chi connectivity index (χ0) is 12.4. The Bertz CT molecular complexity index is 545. The first-order chi connectivity index (χ1) is 8.11. The average molecular weight is 228 g/mol. The smallest absolute Gasteiger partial charge is 0.161 e. The lowest BCUT2D eigenvalue weighted by atomic mass is 9.98. The van der Waals surface area contributed by atoms with Crippen molar-refractivity contribution in [3.8, 4) is 22.6 Å². The third-order valence-electron chi connectivity index (χ3n) is 2.87. The summed E-state index contributed by atoms with van der Waals surface area (Å²) < 4.78 is 5.12. The predicted octanol–water partition coefficient (Wildman–Crippen LogP) is 3.68. The van der Waals surface area contributed by atoms with Gasteiger partial charge in [0.1, 0.15) is 0 Å². The van der Waals surface area contributed by atoms with E-state index in [-0.39, 0.29) is 5.75 Å². The van der Waals surface area contributed by atoms with E-state index in [2.05, 4.69) is 32.0 Å². The Kier molecular flexibility index (Phi) is 3.05. The Labute approximate surface area is 101 Å². The molecule has 0 atom stereocenters. The van der Waals surface area contributed by atoms with Crippen LogP contribution in [0.1, 0.15) is 11.1 Å². The van der Waals surface area contributed by atoms with Crippen molar-refractivity contribution in [3.05, 3.63) is 47.5 Å². The first-order valence-corrected chi connectivity index (χ1v) is 5.56. The van der Waals surface area contributed by atoms with Crippen LogP contribution in [-0.4, -0.2) is 12.2 Å². The van der Waals surface area contributed by atoms with Gasteiger partial charge in [-0.15, -0.1) is 0 Å². The number of phenolic OH excluding ortho intramolecular Hbond substituents is 1. The Morgan fingerprint density at radius 1 is 1.00 bits per heavy atom. The van der Waals surface area contributed by atoms with E-state index in [1.165, 1.54) is 11.1 Å². The van der Waals surface area contributed by atoms with E-state index < -0.39 is 0 Å². The van der Waals surface area contributed by atoms with Gasteiger partial charge in [-0.1, -0.05) is 29.8 Å². The summed E-state index contributed by atoms with van der Waals surface area (Å²) in [5, 5.41) is 9.57. The molecule has 2 nitrogen and oxygen atoms in total. The molecule has 0 aliphatic heterocycles. The maximum atomic E-state index is 9.57. The number of hydrogen-bond acceptors (Lipinski definition) is 2. The largest absolute Gasteiger partial charge is 0.504 e. The zero-order valence-electron chi connectivity index (χ0n) is 10.3. The summed E-state index contributed by atoms with van der Waals surface area (Å²) >= 11 is 0. The van der Waals surface area contributed by atoms with E-state index in [0.717, 1.165) is 11.1 Å². The highest BCUT2D eigenvalue weighted by molar-refractivity contribution is 5.70. The van der Waals surface area contributed by atoms with Gasteiger partial charge >= 0.3 is 0 Å². The number of phenols is 1. The number of aromatic hydroxyl groups is 1. The van der Waals surface area contributed by atoms with Crippen molar-refractivity contribution in [2.45, 2.75) is 13.8 Å². The van der Waals surface area contributed by atoms with Crippen LogP contribution in [0.2, 0.25) is 0 Å². The molecule has 17 heavy (non-hydrogen) atoms. The number of aryl methyl sites for hydroxylation is 2. The van der Waals surface area contributed by atoms with Crippen LogP contribution in [0.25, 0.3) is 11.1 Å². The van der Waals surface area contributed by atoms with Crippen LogP contribution in [-0.2, 0) is 0 Å². The van der Waals surface area contributed by atoms with Gasteiger partial charge in [-0.2, -0.15) is 0 Å². The van der Waals surface area contributed by atoms with Gasteiger partial charge in [0.15, 0.2) is 11.5 Å². The van der Waals surface area contributed by atoms with E-state index in [1.54, 1.807) is 13.2 Å². The molecule has 0 aliphatic rings. The van der Waals surface area contributed by atoms with Crippen molar-refractivity contribution < 1.29 is 9.84 Å². The van der Waals surface area contributed by atoms with Crippen LogP contribution in [0, 0.1) is 13.8 Å². The molecule has 1 N–H and O–H groups in total. The molecular formula is C15H16O2. The molecule has 0 aromatic heterocycles. The van der Waals surface area contributed by atoms with Gasteiger partial charge in [0.05, 0.1) is 7.11 Å². The van der Waals surface area contributed by atoms with Crippen LogP contribution < -0.4 is 4.74 Å². The second-order valence-electron chi connectivity index (χ2n) is 4.21. The molecule has 0 unspecified atom stereocenters. The molecule has 0 saturated carbocycles. The number of methoxy groups -OCH3 is 1. The highest BCUT2D eigenvalue weighted by Crippen LogP contribution is 2.32. The maximum absolute atomic E-state index is 9.57. The summed E-state index contributed by atoms with van der Waals surface area (Å²) in [6.07, 6.45) is 0. The Morgan fingerprint density at radius 2 is 1.76 bits per heavy atom. The molecule has 0 heterocycles. The van der Waals surface area contributed by atoms with Crippen molar-refractivity contribution in [3.63, 3.8) is 0 Å². The maximum Gasteiger partial charge on any atom is 0.161 e. The summed E-state index contributed by atoms with van der Waals surface area (Å²) in [5.74, 6) is 0.670. The van der Waals surface area contributed by atoms with Crippen molar-refractivity contribution >= 4 is 0 Å². The highest BCUT2D eigenvalue weighted by atomic mass is 16.5. The van der Waals surface area contributed by atoms with E-state index in [9.17, 15) is 5.11 Å². The third-order valence-corrected chi connectivity index (χ3v) is 2.87. The SMILES string of the molecule is COc1cc(-c2ccc(C)cc2C)ccc1O. The Balaban J connectivity index is 2.53. The first-order valence-electron chi connectivity index (χ1n) is 5.56. The lowest BCUT2D eigenvalue weighted by Gasteiger charge is -2.10. The van der Waals surface area contributed by atoms with Crippen LogP contribution in [0.3, 0.4) is 0 Å². The lowest BCUT2D eigenvalue weighted by Crippen LogP contribution is -1.88. The quantitative estimate of drug-likeness (QED) is 0.849. The van der Waals surface area contributed by atoms with E-state index >= 15 is 0 Å². The van der Waals surface area contributed by atoms with Gasteiger partial charge in [-0.3, -0.25) is 0 Å². The van der Waals surface area contributed by atoms with Crippen molar-refractivity contribution in [1.29, 1.82) is 0 Å². The molecule has 0 saturated heterocycles. The molecule has 0 radical (unpaired) electrons. The standard InChI is InChI=1S/C15H16O2/c1-10-4-6-13(11(2)8-10)12-5-7-14(16)15(9-12)17-3/h4-9,16H,1-3H3. The number of rotatable bonds is 2. The summed E-state index contributed by atoms with van der Waals surface area (Å²) in [6, 6.07) is 11.7. The van der Waals surface area contributed by atoms with Crippen LogP contribution >= 0.6 is 0 Å². The van der Waals surface area contributed by atoms with Gasteiger partial charge in [-0.25, -0.2) is 0 Å². The monoisotopic (exact) mass is 228 g/mol. The van der Waals surface area contributed by atoms with Crippen LogP contribution in [0.15, 0.2) is 36.4 Å². The Hall–Kier alpha value is -1.96. The fourth-order valence-corrected chi connectivity index (χ4v) is 1.98. The summed E-state index contributed by atoms with van der Waals surface area (Å²) in [7, 11) is 1.56. The number of hydrogen-bond donors (Lipinski definition) is 1. The van der Waals surface area contributed by atoms with Crippen molar-refractivity contribution in [2.75, 3.05) is 7.11 Å². The molecule has 0 bridgehead atoms. The predicted molar refractivity (Wildman–Crippen MR) is 69.6 cm³/mol. The minimum Gasteiger partial charge on any atom is -0.504 e. The van der Waals surface area contributed by atoms with Gasteiger partial charge in [-0.05, 0) is 42.7 Å². The molecule has 0 aliphatic carbocycles. The van der Waals surface area contributed by atoms with Gasteiger partial charge in [0.2, 0.25) is 0 Å². The summed E-state index contributed by atoms with van der Waals surface area (Å²) in [6.45, 7) is 4.16. The van der Waals surface area contributed by atoms with E-state index in [1.807, 2.05) is 12.1 Å². The normalized spacial score (nSPS) is 10.3. The first kappa shape index (κ1) is 11.5. The molecule has 2 heteroatoms. The minimum absolute atomic E-state index is 0.168. The molecule has 0 amide bonds. The van der Waals surface area contributed by atoms with E-state index in [0.29, 0.717) is 5.75 Å². The molecule has 2 rings (SSSR count). The molecule has 0 fully saturated rings. The zero-order valence-corrected chi connectivity index (χ0v) is 10.3. The van der Waals surface area contributed by atoms with Crippen molar-refractivity contribution in [1.82, 2.24) is 0 Å². The van der Waals surface area contributed by atoms with Gasteiger partial charge in [0, 0.05) is 0 Å². The Morgan fingerprint density at radius 3 is 2.41 bits per heavy atom. The lowest BCUT2D eigenvalue weighted by molar-refractivity contribution is 0.373. The third kappa shape index (κ3) is 2.26. The molecule has 2 aromatic rings. The molecular weight excluding hydrogens is 212 g/mol. The second kappa shape index (κ2) is 4.50. The van der Waals surface area contributed by atoms with Gasteiger partial charge in [0.25, 0.3) is 0 Å². The fourth-order valence-electron chi connectivity index (χ4n) is 1.98. The molecule has 0 spiro atoms. The topological polar surface area (TPSA) is 29.5 Å². The minimum atomic E-state index is 0.168. The average Bonchev–Trinajstić information content (AvgIpc) is 2.30. The molecule has 88 valence electrons. The second-order valence-corrected chi connectivity index (χ2v) is 4.21. The fraction of sp³-hybridized carbons (Fsp3) is 0.200. The van der Waals surface area contributed by atoms with E-state index in [4.69, 9.17) is 4.74 Å². The number of benzene rings is 2. The van der Waals surface area contributed by atoms with Crippen LogP contribution in [0.5, 0.6) is 11.5 Å².